The molecule has 0 saturated carbocycles. The molecule has 0 bridgehead atoms. The first-order chi connectivity index (χ1) is 18.1. The van der Waals surface area contributed by atoms with E-state index in [-0.39, 0.29) is 23.9 Å². The van der Waals surface area contributed by atoms with Gasteiger partial charge in [-0.1, -0.05) is 53.7 Å². The topological polar surface area (TPSA) is 150 Å². The fraction of sp³-hybridized carbons (Fsp3) is 0.120. The second-order valence-electron chi connectivity index (χ2n) is 8.06. The number of benzene rings is 3. The zero-order chi connectivity index (χ0) is 25.8. The number of nitrogens with two attached hydrogens (primary N) is 1. The van der Waals surface area contributed by atoms with Crippen molar-refractivity contribution in [2.75, 3.05) is 24.8 Å². The number of carbonyl (C=O) groups excluding carboxylic acids is 1. The van der Waals surface area contributed by atoms with Gasteiger partial charge in [0.05, 0.1) is 25.6 Å². The van der Waals surface area contributed by atoms with Crippen molar-refractivity contribution in [3.63, 3.8) is 0 Å². The van der Waals surface area contributed by atoms with Crippen LogP contribution in [0.15, 0.2) is 76.5 Å². The molecule has 5 rings (SSSR count). The first-order valence-corrected chi connectivity index (χ1v) is 11.2. The number of nitrogen functional groups attached to an aromatic ring is 1. The summed E-state index contributed by atoms with van der Waals surface area (Å²) in [5, 5.41) is 21.7. The lowest BCUT2D eigenvalue weighted by Crippen LogP contribution is -2.24. The molecule has 3 aromatic carbocycles. The fourth-order valence-corrected chi connectivity index (χ4v) is 3.92. The number of nitrogens with one attached hydrogen (secondary N) is 1. The molecule has 1 amide bonds. The average molecular weight is 498 g/mol. The number of methoxy groups -OCH3 is 1. The van der Waals surface area contributed by atoms with E-state index in [4.69, 9.17) is 15.1 Å². The zero-order valence-corrected chi connectivity index (χ0v) is 20.1. The highest BCUT2D eigenvalue weighted by Gasteiger charge is 2.25. The van der Waals surface area contributed by atoms with Gasteiger partial charge in [0.25, 0.3) is 5.91 Å². The van der Waals surface area contributed by atoms with Crippen LogP contribution in [0.4, 0.5) is 11.5 Å². The Bertz CT molecular complexity index is 1580. The summed E-state index contributed by atoms with van der Waals surface area (Å²) < 4.78 is 11.5. The number of nitrogens with zero attached hydrogens (tertiary/aromatic N) is 7. The summed E-state index contributed by atoms with van der Waals surface area (Å²) in [5.41, 5.74) is 10.5. The number of hydrogen-bond acceptors (Lipinski definition) is 10. The normalized spacial score (nSPS) is 11.2. The standard InChI is InChI=1S/C25H23N9O3/c1-33(17-9-4-3-5-10-17)15-20-22(28-32-34(20)24-23(26)30-37-31-24)25(35)29-27-14-19-18-11-7-6-8-16(18)12-13-21(19)36-2/h3-14H,15H2,1-2H3,(H2,26,30)(H,29,35)/b27-14+. The van der Waals surface area contributed by atoms with Gasteiger partial charge in [-0.25, -0.2) is 10.1 Å². The van der Waals surface area contributed by atoms with E-state index in [0.29, 0.717) is 11.4 Å². The quantitative estimate of drug-likeness (QED) is 0.244. The van der Waals surface area contributed by atoms with Gasteiger partial charge in [-0.2, -0.15) is 9.78 Å². The van der Waals surface area contributed by atoms with Crippen LogP contribution in [0, 0.1) is 0 Å². The Morgan fingerprint density at radius 1 is 1.14 bits per heavy atom. The average Bonchev–Trinajstić information content (AvgIpc) is 3.54. The predicted molar refractivity (Wildman–Crippen MR) is 138 cm³/mol. The van der Waals surface area contributed by atoms with Gasteiger partial charge in [-0.05, 0) is 39.3 Å². The number of ether oxygens (including phenoxy) is 1. The van der Waals surface area contributed by atoms with Crippen LogP contribution >= 0.6 is 0 Å². The number of anilines is 2. The predicted octanol–water partition coefficient (Wildman–Crippen LogP) is 2.79. The number of para-hydroxylation sites is 1. The molecular formula is C25H23N9O3. The van der Waals surface area contributed by atoms with Crippen LogP contribution in [0.2, 0.25) is 0 Å². The number of hydrazone groups is 1. The maximum Gasteiger partial charge on any atom is 0.293 e. The molecule has 186 valence electrons. The third-order valence-corrected chi connectivity index (χ3v) is 5.77. The van der Waals surface area contributed by atoms with Crippen LogP contribution in [0.25, 0.3) is 16.6 Å². The third kappa shape index (κ3) is 4.67. The van der Waals surface area contributed by atoms with Crippen molar-refractivity contribution in [2.24, 2.45) is 5.10 Å². The van der Waals surface area contributed by atoms with Crippen LogP contribution in [-0.4, -0.2) is 51.6 Å². The van der Waals surface area contributed by atoms with Gasteiger partial charge >= 0.3 is 0 Å². The van der Waals surface area contributed by atoms with Crippen molar-refractivity contribution in [1.29, 1.82) is 0 Å². The van der Waals surface area contributed by atoms with Crippen LogP contribution < -0.4 is 20.8 Å². The van der Waals surface area contributed by atoms with Crippen molar-refractivity contribution in [1.82, 2.24) is 30.7 Å². The molecule has 0 radical (unpaired) electrons. The molecule has 0 spiro atoms. The van der Waals surface area contributed by atoms with Crippen molar-refractivity contribution >= 4 is 34.4 Å². The van der Waals surface area contributed by atoms with Crippen LogP contribution in [0.3, 0.4) is 0 Å². The van der Waals surface area contributed by atoms with Crippen molar-refractivity contribution in [3.05, 3.63) is 83.7 Å². The molecule has 0 aliphatic carbocycles. The summed E-state index contributed by atoms with van der Waals surface area (Å²) in [4.78, 5) is 15.1. The van der Waals surface area contributed by atoms with Crippen LogP contribution in [-0.2, 0) is 6.54 Å². The molecule has 3 N–H and O–H groups in total. The van der Waals surface area contributed by atoms with Crippen molar-refractivity contribution < 1.29 is 14.2 Å². The van der Waals surface area contributed by atoms with Crippen LogP contribution in [0.5, 0.6) is 5.75 Å². The SMILES string of the molecule is COc1ccc2ccccc2c1/C=N/NC(=O)c1nnn(-c2nonc2N)c1CN(C)c1ccccc1. The van der Waals surface area contributed by atoms with E-state index >= 15 is 0 Å². The summed E-state index contributed by atoms with van der Waals surface area (Å²) in [6.07, 6.45) is 1.54. The number of carbonyl (C=O) groups is 1. The second kappa shape index (κ2) is 10.2. The molecule has 2 heterocycles. The Hall–Kier alpha value is -5.26. The molecule has 0 unspecified atom stereocenters. The van der Waals surface area contributed by atoms with Crippen molar-refractivity contribution in [2.45, 2.75) is 6.54 Å². The number of rotatable bonds is 8. The highest BCUT2D eigenvalue weighted by molar-refractivity contribution is 6.03. The maximum absolute atomic E-state index is 13.2. The van der Waals surface area contributed by atoms with E-state index in [0.717, 1.165) is 22.0 Å². The monoisotopic (exact) mass is 497 g/mol. The number of amides is 1. The molecule has 12 nitrogen and oxygen atoms in total. The first kappa shape index (κ1) is 23.5. The highest BCUT2D eigenvalue weighted by Crippen LogP contribution is 2.26. The molecule has 0 atom stereocenters. The van der Waals surface area contributed by atoms with E-state index in [1.54, 1.807) is 13.3 Å². The smallest absolute Gasteiger partial charge is 0.293 e. The van der Waals surface area contributed by atoms with E-state index in [9.17, 15) is 4.79 Å². The van der Waals surface area contributed by atoms with Gasteiger partial charge < -0.3 is 15.4 Å². The van der Waals surface area contributed by atoms with E-state index in [2.05, 4.69) is 31.2 Å². The fourth-order valence-electron chi connectivity index (χ4n) is 3.92. The molecule has 0 saturated heterocycles. The summed E-state index contributed by atoms with van der Waals surface area (Å²) in [6, 6.07) is 21.3. The lowest BCUT2D eigenvalue weighted by atomic mass is 10.0. The Balaban J connectivity index is 1.45. The largest absolute Gasteiger partial charge is 0.496 e. The summed E-state index contributed by atoms with van der Waals surface area (Å²) in [5.74, 6) is 0.212. The molecule has 37 heavy (non-hydrogen) atoms. The Kier molecular flexibility index (Phi) is 6.45. The molecule has 0 fully saturated rings. The zero-order valence-electron chi connectivity index (χ0n) is 20.1. The Labute approximate surface area is 211 Å². The van der Waals surface area contributed by atoms with Gasteiger partial charge in [0.1, 0.15) is 5.75 Å². The number of aromatic nitrogens is 5. The first-order valence-electron chi connectivity index (χ1n) is 11.2. The summed E-state index contributed by atoms with van der Waals surface area (Å²) in [6.45, 7) is 0.257. The maximum atomic E-state index is 13.2. The molecule has 0 aliphatic heterocycles. The van der Waals surface area contributed by atoms with Crippen LogP contribution in [0.1, 0.15) is 21.7 Å². The molecule has 2 aromatic heterocycles. The van der Waals surface area contributed by atoms with E-state index in [1.165, 1.54) is 4.68 Å². The second-order valence-corrected chi connectivity index (χ2v) is 8.06. The molecule has 0 aliphatic rings. The minimum absolute atomic E-state index is 0.0153. The minimum atomic E-state index is -0.562. The summed E-state index contributed by atoms with van der Waals surface area (Å²) >= 11 is 0. The number of hydrogen-bond donors (Lipinski definition) is 2. The van der Waals surface area contributed by atoms with Gasteiger partial charge in [0.15, 0.2) is 5.69 Å². The third-order valence-electron chi connectivity index (χ3n) is 5.77. The van der Waals surface area contributed by atoms with Gasteiger partial charge in [0.2, 0.25) is 11.6 Å². The molecule has 12 heteroatoms. The lowest BCUT2D eigenvalue weighted by Gasteiger charge is -2.19. The van der Waals surface area contributed by atoms with E-state index in [1.807, 2.05) is 78.7 Å². The lowest BCUT2D eigenvalue weighted by molar-refractivity contribution is 0.0949. The number of fused-ring (bicyclic) bond motifs is 1. The van der Waals surface area contributed by atoms with Crippen molar-refractivity contribution in [3.8, 4) is 11.6 Å². The Morgan fingerprint density at radius 2 is 1.92 bits per heavy atom. The molecular weight excluding hydrogens is 474 g/mol. The van der Waals surface area contributed by atoms with Gasteiger partial charge in [0, 0.05) is 18.3 Å². The minimum Gasteiger partial charge on any atom is -0.496 e. The van der Waals surface area contributed by atoms with Gasteiger partial charge in [-0.15, -0.1) is 5.10 Å². The Morgan fingerprint density at radius 3 is 2.68 bits per heavy atom. The van der Waals surface area contributed by atoms with Gasteiger partial charge in [-0.3, -0.25) is 4.79 Å². The highest BCUT2D eigenvalue weighted by atomic mass is 16.6. The van der Waals surface area contributed by atoms with E-state index < -0.39 is 5.91 Å². The molecule has 5 aromatic rings. The summed E-state index contributed by atoms with van der Waals surface area (Å²) in [7, 11) is 3.46.